The summed E-state index contributed by atoms with van der Waals surface area (Å²) in [4.78, 5) is 32.6. The number of piperazine rings is 1. The molecule has 1 N–H and O–H groups in total. The molecule has 0 radical (unpaired) electrons. The van der Waals surface area contributed by atoms with Crippen molar-refractivity contribution in [2.75, 3.05) is 26.2 Å². The molecule has 8 heteroatoms. The first kappa shape index (κ1) is 18.6. The largest absolute Gasteiger partial charge is 0.415 e. The molecule has 144 valence electrons. The lowest BCUT2D eigenvalue weighted by Crippen LogP contribution is -2.51. The third-order valence-corrected chi connectivity index (χ3v) is 5.85. The summed E-state index contributed by atoms with van der Waals surface area (Å²) in [5, 5.41) is 0. The predicted octanol–water partition coefficient (Wildman–Crippen LogP) is 4.35. The first-order valence-electron chi connectivity index (χ1n) is 8.85. The van der Waals surface area contributed by atoms with E-state index in [4.69, 9.17) is 16.3 Å². The molecule has 3 aromatic rings. The van der Waals surface area contributed by atoms with Crippen molar-refractivity contribution in [1.82, 2.24) is 14.8 Å². The SMILES string of the molecule is O=C(Oc1ccccc1)N1CCN(C(=O)c2c[nH]cc2-c2ccc(Cl)s2)CC1. The standard InChI is InChI=1S/C20H18ClN3O3S/c21-18-7-6-17(28-18)15-12-22-13-16(15)19(25)23-8-10-24(11-9-23)20(26)27-14-4-2-1-3-5-14/h1-7,12-13,22H,8-11H2. The fourth-order valence-electron chi connectivity index (χ4n) is 3.12. The number of para-hydroxylation sites is 1. The van der Waals surface area contributed by atoms with Gasteiger partial charge in [0.25, 0.3) is 5.91 Å². The number of nitrogens with zero attached hydrogens (tertiary/aromatic N) is 2. The molecular formula is C20H18ClN3O3S. The van der Waals surface area contributed by atoms with Crippen LogP contribution in [0.15, 0.2) is 54.9 Å². The monoisotopic (exact) mass is 415 g/mol. The number of nitrogens with one attached hydrogen (secondary N) is 1. The smallest absolute Gasteiger partial charge is 0.410 e. The van der Waals surface area contributed by atoms with Gasteiger partial charge in [0.1, 0.15) is 5.75 Å². The summed E-state index contributed by atoms with van der Waals surface area (Å²) in [6, 6.07) is 12.7. The highest BCUT2D eigenvalue weighted by Gasteiger charge is 2.27. The summed E-state index contributed by atoms with van der Waals surface area (Å²) in [5.41, 5.74) is 1.45. The second-order valence-electron chi connectivity index (χ2n) is 6.35. The molecule has 2 aromatic heterocycles. The lowest BCUT2D eigenvalue weighted by molar-refractivity contribution is 0.0634. The number of thiophene rings is 1. The van der Waals surface area contributed by atoms with E-state index in [0.29, 0.717) is 41.8 Å². The molecule has 1 aromatic carbocycles. The number of halogens is 1. The van der Waals surface area contributed by atoms with Crippen LogP contribution in [-0.2, 0) is 0 Å². The molecule has 1 aliphatic heterocycles. The number of hydrogen-bond acceptors (Lipinski definition) is 4. The Kier molecular flexibility index (Phi) is 5.36. The van der Waals surface area contributed by atoms with Gasteiger partial charge in [0.2, 0.25) is 0 Å². The van der Waals surface area contributed by atoms with E-state index < -0.39 is 6.09 Å². The Labute approximate surface area is 171 Å². The number of ether oxygens (including phenoxy) is 1. The Morgan fingerprint density at radius 3 is 2.36 bits per heavy atom. The van der Waals surface area contributed by atoms with Crippen molar-refractivity contribution in [2.45, 2.75) is 0 Å². The Bertz CT molecular complexity index is 978. The molecule has 0 unspecified atom stereocenters. The zero-order valence-electron chi connectivity index (χ0n) is 14.9. The number of aromatic nitrogens is 1. The molecule has 1 saturated heterocycles. The normalized spacial score (nSPS) is 14.2. The molecule has 0 atom stereocenters. The number of amides is 2. The average Bonchev–Trinajstić information content (AvgIpc) is 3.37. The number of benzene rings is 1. The summed E-state index contributed by atoms with van der Waals surface area (Å²) in [6.45, 7) is 1.78. The molecule has 0 saturated carbocycles. The van der Waals surface area contributed by atoms with Crippen LogP contribution in [0.4, 0.5) is 4.79 Å². The van der Waals surface area contributed by atoms with Crippen molar-refractivity contribution in [2.24, 2.45) is 0 Å². The fraction of sp³-hybridized carbons (Fsp3) is 0.200. The molecule has 0 aliphatic carbocycles. The quantitative estimate of drug-likeness (QED) is 0.691. The number of rotatable bonds is 3. The van der Waals surface area contributed by atoms with Crippen molar-refractivity contribution in [3.63, 3.8) is 0 Å². The van der Waals surface area contributed by atoms with Crippen molar-refractivity contribution in [1.29, 1.82) is 0 Å². The maximum atomic E-state index is 13.0. The van der Waals surface area contributed by atoms with Crippen molar-refractivity contribution in [3.05, 3.63) is 64.8 Å². The van der Waals surface area contributed by atoms with Crippen LogP contribution < -0.4 is 4.74 Å². The molecular weight excluding hydrogens is 398 g/mol. The van der Waals surface area contributed by atoms with Gasteiger partial charge in [0.15, 0.2) is 0 Å². The van der Waals surface area contributed by atoms with Gasteiger partial charge in [0, 0.05) is 49.0 Å². The topological polar surface area (TPSA) is 65.6 Å². The fourth-order valence-corrected chi connectivity index (χ4v) is 4.19. The number of hydrogen-bond donors (Lipinski definition) is 1. The molecule has 6 nitrogen and oxygen atoms in total. The zero-order chi connectivity index (χ0) is 19.5. The molecule has 0 bridgehead atoms. The molecule has 0 spiro atoms. The number of carbonyl (C=O) groups excluding carboxylic acids is 2. The minimum atomic E-state index is -0.395. The summed E-state index contributed by atoms with van der Waals surface area (Å²) >= 11 is 7.46. The van der Waals surface area contributed by atoms with E-state index in [-0.39, 0.29) is 5.91 Å². The summed E-state index contributed by atoms with van der Waals surface area (Å²) in [6.07, 6.45) is 3.12. The van der Waals surface area contributed by atoms with E-state index >= 15 is 0 Å². The van der Waals surface area contributed by atoms with Gasteiger partial charge >= 0.3 is 6.09 Å². The second-order valence-corrected chi connectivity index (χ2v) is 8.06. The number of aromatic amines is 1. The van der Waals surface area contributed by atoms with E-state index in [9.17, 15) is 9.59 Å². The van der Waals surface area contributed by atoms with E-state index in [2.05, 4.69) is 4.98 Å². The third kappa shape index (κ3) is 3.90. The molecule has 2 amide bonds. The minimum Gasteiger partial charge on any atom is -0.410 e. The lowest BCUT2D eigenvalue weighted by Gasteiger charge is -2.34. The summed E-state index contributed by atoms with van der Waals surface area (Å²) in [5.74, 6) is 0.453. The highest BCUT2D eigenvalue weighted by molar-refractivity contribution is 7.19. The van der Waals surface area contributed by atoms with Crippen LogP contribution in [0, 0.1) is 0 Å². The third-order valence-electron chi connectivity index (χ3n) is 4.59. The van der Waals surface area contributed by atoms with Crippen LogP contribution in [0.3, 0.4) is 0 Å². The molecule has 1 aliphatic rings. The lowest BCUT2D eigenvalue weighted by atomic mass is 10.1. The molecule has 4 rings (SSSR count). The Balaban J connectivity index is 1.38. The van der Waals surface area contributed by atoms with Gasteiger partial charge in [-0.1, -0.05) is 29.8 Å². The van der Waals surface area contributed by atoms with Gasteiger partial charge in [-0.05, 0) is 24.3 Å². The van der Waals surface area contributed by atoms with Gasteiger partial charge in [-0.2, -0.15) is 0 Å². The Morgan fingerprint density at radius 1 is 0.964 bits per heavy atom. The van der Waals surface area contributed by atoms with Gasteiger partial charge in [-0.25, -0.2) is 4.79 Å². The maximum Gasteiger partial charge on any atom is 0.415 e. The first-order valence-corrected chi connectivity index (χ1v) is 10.0. The first-order chi connectivity index (χ1) is 13.6. The van der Waals surface area contributed by atoms with E-state index in [0.717, 1.165) is 10.4 Å². The number of carbonyl (C=O) groups is 2. The van der Waals surface area contributed by atoms with Crippen molar-refractivity contribution in [3.8, 4) is 16.2 Å². The summed E-state index contributed by atoms with van der Waals surface area (Å²) < 4.78 is 6.05. The van der Waals surface area contributed by atoms with E-state index in [1.807, 2.05) is 36.5 Å². The van der Waals surface area contributed by atoms with Crippen molar-refractivity contribution < 1.29 is 14.3 Å². The van der Waals surface area contributed by atoms with Crippen LogP contribution in [-0.4, -0.2) is 53.0 Å². The highest BCUT2D eigenvalue weighted by atomic mass is 35.5. The van der Waals surface area contributed by atoms with Crippen LogP contribution in [0.2, 0.25) is 4.34 Å². The Morgan fingerprint density at radius 2 is 1.68 bits per heavy atom. The maximum absolute atomic E-state index is 13.0. The number of H-pyrrole nitrogens is 1. The van der Waals surface area contributed by atoms with Gasteiger partial charge in [0.05, 0.1) is 9.90 Å². The average molecular weight is 416 g/mol. The van der Waals surface area contributed by atoms with Crippen LogP contribution in [0.25, 0.3) is 10.4 Å². The van der Waals surface area contributed by atoms with E-state index in [1.54, 1.807) is 28.1 Å². The zero-order valence-corrected chi connectivity index (χ0v) is 16.5. The Hall–Kier alpha value is -2.77. The van der Waals surface area contributed by atoms with Gasteiger partial charge in [-0.3, -0.25) is 4.79 Å². The van der Waals surface area contributed by atoms with Gasteiger partial charge in [-0.15, -0.1) is 11.3 Å². The molecule has 1 fully saturated rings. The second kappa shape index (κ2) is 8.08. The summed E-state index contributed by atoms with van der Waals surface area (Å²) in [7, 11) is 0. The van der Waals surface area contributed by atoms with Crippen LogP contribution >= 0.6 is 22.9 Å². The minimum absolute atomic E-state index is 0.0585. The molecule has 28 heavy (non-hydrogen) atoms. The van der Waals surface area contributed by atoms with E-state index in [1.165, 1.54) is 11.3 Å². The highest BCUT2D eigenvalue weighted by Crippen LogP contribution is 2.33. The van der Waals surface area contributed by atoms with Gasteiger partial charge < -0.3 is 19.5 Å². The predicted molar refractivity (Wildman–Crippen MR) is 109 cm³/mol. The molecule has 3 heterocycles. The van der Waals surface area contributed by atoms with Crippen LogP contribution in [0.5, 0.6) is 5.75 Å². The van der Waals surface area contributed by atoms with Crippen LogP contribution in [0.1, 0.15) is 10.4 Å². The van der Waals surface area contributed by atoms with Crippen molar-refractivity contribution >= 4 is 34.9 Å².